The third kappa shape index (κ3) is 2.77. The molecule has 5 heteroatoms. The van der Waals surface area contributed by atoms with Crippen molar-refractivity contribution in [3.63, 3.8) is 0 Å². The summed E-state index contributed by atoms with van der Waals surface area (Å²) in [7, 11) is 0. The minimum atomic E-state index is 0.229. The van der Waals surface area contributed by atoms with Crippen LogP contribution in [0.1, 0.15) is 32.0 Å². The fourth-order valence-corrected chi connectivity index (χ4v) is 3.44. The van der Waals surface area contributed by atoms with Crippen LogP contribution in [-0.4, -0.2) is 31.8 Å². The lowest BCUT2D eigenvalue weighted by Gasteiger charge is -2.17. The molecule has 0 aliphatic carbocycles. The zero-order valence-corrected chi connectivity index (χ0v) is 10.6. The molecule has 0 radical (unpaired) electrons. The molecular formula is C11H20N4S. The van der Waals surface area contributed by atoms with Gasteiger partial charge in [-0.3, -0.25) is 4.68 Å². The van der Waals surface area contributed by atoms with E-state index >= 15 is 0 Å². The first kappa shape index (κ1) is 11.9. The smallest absolute Gasteiger partial charge is 0.138 e. The van der Waals surface area contributed by atoms with Gasteiger partial charge in [0.2, 0.25) is 0 Å². The fraction of sp³-hybridized carbons (Fsp3) is 0.818. The highest BCUT2D eigenvalue weighted by molar-refractivity contribution is 8.00. The predicted molar refractivity (Wildman–Crippen MR) is 67.5 cm³/mol. The van der Waals surface area contributed by atoms with E-state index in [-0.39, 0.29) is 6.04 Å². The quantitative estimate of drug-likeness (QED) is 0.846. The maximum absolute atomic E-state index is 6.23. The zero-order valence-electron chi connectivity index (χ0n) is 9.80. The van der Waals surface area contributed by atoms with Crippen molar-refractivity contribution in [1.29, 1.82) is 0 Å². The summed E-state index contributed by atoms with van der Waals surface area (Å²) >= 11 is 2.01. The van der Waals surface area contributed by atoms with Crippen molar-refractivity contribution in [2.75, 3.05) is 5.75 Å². The second kappa shape index (κ2) is 5.68. The summed E-state index contributed by atoms with van der Waals surface area (Å²) < 4.78 is 1.99. The normalized spacial score (nSPS) is 22.5. The van der Waals surface area contributed by atoms with Gasteiger partial charge in [-0.2, -0.15) is 16.9 Å². The molecule has 2 unspecified atom stereocenters. The van der Waals surface area contributed by atoms with Crippen molar-refractivity contribution in [3.8, 4) is 0 Å². The average Bonchev–Trinajstić information content (AvgIpc) is 2.90. The van der Waals surface area contributed by atoms with Crippen LogP contribution in [0, 0.1) is 0 Å². The Kier molecular flexibility index (Phi) is 4.23. The Hall–Kier alpha value is -0.550. The van der Waals surface area contributed by atoms with E-state index in [2.05, 4.69) is 17.0 Å². The molecule has 1 aliphatic rings. The zero-order chi connectivity index (χ0) is 11.4. The molecule has 0 amide bonds. The number of nitrogens with zero attached hydrogens (tertiary/aromatic N) is 3. The van der Waals surface area contributed by atoms with E-state index in [9.17, 15) is 0 Å². The number of aryl methyl sites for hydroxylation is 1. The molecule has 0 aromatic carbocycles. The second-order valence-corrected chi connectivity index (χ2v) is 5.67. The van der Waals surface area contributed by atoms with Crippen molar-refractivity contribution < 1.29 is 0 Å². The Balaban J connectivity index is 1.94. The summed E-state index contributed by atoms with van der Waals surface area (Å²) in [5.74, 6) is 2.31. The van der Waals surface area contributed by atoms with Crippen molar-refractivity contribution >= 4 is 11.8 Å². The maximum Gasteiger partial charge on any atom is 0.138 e. The summed E-state index contributed by atoms with van der Waals surface area (Å²) in [5.41, 5.74) is 6.23. The van der Waals surface area contributed by atoms with Gasteiger partial charge in [-0.25, -0.2) is 4.98 Å². The van der Waals surface area contributed by atoms with Crippen LogP contribution >= 0.6 is 11.8 Å². The Morgan fingerprint density at radius 2 is 2.56 bits per heavy atom. The third-order valence-corrected chi connectivity index (χ3v) is 4.53. The number of hydrogen-bond donors (Lipinski definition) is 1. The number of hydrogen-bond acceptors (Lipinski definition) is 4. The van der Waals surface area contributed by atoms with Crippen molar-refractivity contribution in [1.82, 2.24) is 14.8 Å². The van der Waals surface area contributed by atoms with Crippen molar-refractivity contribution in [2.45, 2.75) is 50.4 Å². The molecule has 2 N–H and O–H groups in total. The van der Waals surface area contributed by atoms with Gasteiger partial charge in [-0.15, -0.1) is 0 Å². The van der Waals surface area contributed by atoms with E-state index in [1.165, 1.54) is 18.6 Å². The minimum absolute atomic E-state index is 0.229. The van der Waals surface area contributed by atoms with Crippen molar-refractivity contribution in [2.24, 2.45) is 5.73 Å². The molecular weight excluding hydrogens is 220 g/mol. The lowest BCUT2D eigenvalue weighted by atomic mass is 10.1. The first-order chi connectivity index (χ1) is 7.81. The molecule has 2 rings (SSSR count). The topological polar surface area (TPSA) is 56.7 Å². The van der Waals surface area contributed by atoms with E-state index in [0.29, 0.717) is 5.25 Å². The van der Waals surface area contributed by atoms with E-state index < -0.39 is 0 Å². The molecule has 1 saturated heterocycles. The van der Waals surface area contributed by atoms with Gasteiger partial charge >= 0.3 is 0 Å². The monoisotopic (exact) mass is 240 g/mol. The molecule has 2 atom stereocenters. The van der Waals surface area contributed by atoms with Crippen LogP contribution in [0.4, 0.5) is 0 Å². The van der Waals surface area contributed by atoms with Crippen LogP contribution < -0.4 is 5.73 Å². The first-order valence-corrected chi connectivity index (χ1v) is 7.10. The largest absolute Gasteiger partial charge is 0.326 e. The lowest BCUT2D eigenvalue weighted by molar-refractivity contribution is 0.528. The average molecular weight is 240 g/mol. The number of thioether (sulfide) groups is 1. The van der Waals surface area contributed by atoms with Gasteiger partial charge in [0.05, 0.1) is 0 Å². The fourth-order valence-electron chi connectivity index (χ4n) is 2.13. The van der Waals surface area contributed by atoms with Crippen LogP contribution in [0.5, 0.6) is 0 Å². The molecule has 0 spiro atoms. The molecule has 0 bridgehead atoms. The van der Waals surface area contributed by atoms with Crippen LogP contribution in [0.2, 0.25) is 0 Å². The van der Waals surface area contributed by atoms with E-state index in [0.717, 1.165) is 25.2 Å². The minimum Gasteiger partial charge on any atom is -0.326 e. The molecule has 2 heterocycles. The predicted octanol–water partition coefficient (Wildman–Crippen LogP) is 1.45. The maximum atomic E-state index is 6.23. The van der Waals surface area contributed by atoms with Gasteiger partial charge in [0.25, 0.3) is 0 Å². The molecule has 1 aromatic heterocycles. The number of rotatable bonds is 5. The summed E-state index contributed by atoms with van der Waals surface area (Å²) in [6.07, 6.45) is 6.15. The number of aromatic nitrogens is 3. The Labute approximate surface area is 101 Å². The van der Waals surface area contributed by atoms with E-state index in [1.54, 1.807) is 6.33 Å². The van der Waals surface area contributed by atoms with Crippen LogP contribution in [0.15, 0.2) is 6.33 Å². The lowest BCUT2D eigenvalue weighted by Crippen LogP contribution is -2.34. The third-order valence-electron chi connectivity index (χ3n) is 2.99. The van der Waals surface area contributed by atoms with Gasteiger partial charge < -0.3 is 5.73 Å². The Bertz CT molecular complexity index is 320. The molecule has 4 nitrogen and oxygen atoms in total. The highest BCUT2D eigenvalue weighted by Gasteiger charge is 2.24. The standard InChI is InChI=1S/C11H20N4S/c1-2-5-15-11(13-8-14-15)7-9(12)10-4-3-6-16-10/h8-10H,2-7,12H2,1H3. The summed E-state index contributed by atoms with van der Waals surface area (Å²) in [5, 5.41) is 4.85. The molecule has 0 saturated carbocycles. The Morgan fingerprint density at radius 3 is 3.25 bits per heavy atom. The van der Waals surface area contributed by atoms with Crippen molar-refractivity contribution in [3.05, 3.63) is 12.2 Å². The molecule has 1 aromatic rings. The Morgan fingerprint density at radius 1 is 1.69 bits per heavy atom. The summed E-state index contributed by atoms with van der Waals surface area (Å²) in [6, 6.07) is 0.229. The van der Waals surface area contributed by atoms with E-state index in [4.69, 9.17) is 5.73 Å². The van der Waals surface area contributed by atoms with Gasteiger partial charge in [-0.1, -0.05) is 6.92 Å². The van der Waals surface area contributed by atoms with Gasteiger partial charge in [-0.05, 0) is 25.0 Å². The van der Waals surface area contributed by atoms with Crippen LogP contribution in [0.25, 0.3) is 0 Å². The second-order valence-electron chi connectivity index (χ2n) is 4.32. The van der Waals surface area contributed by atoms with Crippen LogP contribution in [0.3, 0.4) is 0 Å². The first-order valence-electron chi connectivity index (χ1n) is 6.05. The molecule has 1 aliphatic heterocycles. The van der Waals surface area contributed by atoms with Gasteiger partial charge in [0.15, 0.2) is 0 Å². The molecule has 1 fully saturated rings. The van der Waals surface area contributed by atoms with Gasteiger partial charge in [0, 0.05) is 24.3 Å². The van der Waals surface area contributed by atoms with Crippen LogP contribution in [-0.2, 0) is 13.0 Å². The molecule has 16 heavy (non-hydrogen) atoms. The highest BCUT2D eigenvalue weighted by atomic mass is 32.2. The summed E-state index contributed by atoms with van der Waals surface area (Å²) in [4.78, 5) is 4.31. The van der Waals surface area contributed by atoms with E-state index in [1.807, 2.05) is 16.4 Å². The molecule has 90 valence electrons. The number of nitrogens with two attached hydrogens (primary N) is 1. The SMILES string of the molecule is CCCn1ncnc1CC(N)C1CCCS1. The van der Waals surface area contributed by atoms with Gasteiger partial charge in [0.1, 0.15) is 12.2 Å². The highest BCUT2D eigenvalue weighted by Crippen LogP contribution is 2.28. The summed E-state index contributed by atoms with van der Waals surface area (Å²) in [6.45, 7) is 3.10.